The number of carbonyl (C=O) groups is 2. The van der Waals surface area contributed by atoms with E-state index in [9.17, 15) is 19.5 Å². The minimum Gasteiger partial charge on any atom is -0.548 e. The van der Waals surface area contributed by atoms with E-state index in [4.69, 9.17) is 0 Å². The average Bonchev–Trinajstić information content (AvgIpc) is 2.48. The van der Waals surface area contributed by atoms with E-state index in [-0.39, 0.29) is 17.9 Å². The fourth-order valence-electron chi connectivity index (χ4n) is 1.93. The number of aryl methyl sites for hydroxylation is 1. The average molecular weight is 288 g/mol. The third kappa shape index (κ3) is 3.88. The van der Waals surface area contributed by atoms with Crippen molar-refractivity contribution >= 4 is 22.8 Å². The molecule has 0 saturated carbocycles. The van der Waals surface area contributed by atoms with E-state index in [0.29, 0.717) is 23.9 Å². The van der Waals surface area contributed by atoms with Crippen LogP contribution >= 0.6 is 0 Å². The van der Waals surface area contributed by atoms with Gasteiger partial charge in [0, 0.05) is 13.0 Å². The largest absolute Gasteiger partial charge is 0.548 e. The Morgan fingerprint density at radius 1 is 1.29 bits per heavy atom. The quantitative estimate of drug-likeness (QED) is 0.737. The number of hydrogen-bond acceptors (Lipinski definition) is 5. The third-order valence-electron chi connectivity index (χ3n) is 2.96. The van der Waals surface area contributed by atoms with Crippen molar-refractivity contribution in [2.24, 2.45) is 0 Å². The van der Waals surface area contributed by atoms with Gasteiger partial charge in [-0.2, -0.15) is 0 Å². The fourth-order valence-corrected chi connectivity index (χ4v) is 1.93. The molecule has 1 heterocycles. The number of carboxylic acid groups (broad SMARTS) is 1. The summed E-state index contributed by atoms with van der Waals surface area (Å²) in [6.45, 7) is -0.161. The number of fused-ring (bicyclic) bond motifs is 1. The van der Waals surface area contributed by atoms with E-state index < -0.39 is 12.5 Å². The molecule has 0 spiro atoms. The molecular weight excluding hydrogens is 274 g/mol. The Kier molecular flexibility index (Phi) is 4.65. The van der Waals surface area contributed by atoms with Crippen LogP contribution in [0.2, 0.25) is 0 Å². The smallest absolute Gasteiger partial charge is 0.261 e. The van der Waals surface area contributed by atoms with E-state index in [1.807, 2.05) is 0 Å². The molecule has 1 amide bonds. The van der Waals surface area contributed by atoms with E-state index in [1.54, 1.807) is 24.3 Å². The van der Waals surface area contributed by atoms with Crippen LogP contribution in [0.15, 0.2) is 35.4 Å². The zero-order valence-corrected chi connectivity index (χ0v) is 11.2. The Hall–Kier alpha value is -2.70. The van der Waals surface area contributed by atoms with E-state index in [0.717, 1.165) is 0 Å². The Bertz CT molecular complexity index is 723. The topological polar surface area (TPSA) is 104 Å². The predicted octanol–water partition coefficient (Wildman–Crippen LogP) is -0.957. The summed E-state index contributed by atoms with van der Waals surface area (Å²) in [7, 11) is 0. The number of hydrogen-bond donors (Lipinski definition) is 1. The van der Waals surface area contributed by atoms with Crippen molar-refractivity contribution in [1.29, 1.82) is 0 Å². The fraction of sp³-hybridized carbons (Fsp3) is 0.286. The van der Waals surface area contributed by atoms with Gasteiger partial charge in [-0.1, -0.05) is 12.1 Å². The number of nitrogens with one attached hydrogen (secondary N) is 1. The maximum atomic E-state index is 12.2. The molecule has 0 saturated heterocycles. The molecule has 21 heavy (non-hydrogen) atoms. The number of rotatable bonds is 6. The van der Waals surface area contributed by atoms with Gasteiger partial charge in [0.2, 0.25) is 5.91 Å². The molecule has 0 atom stereocenters. The molecule has 110 valence electrons. The highest BCUT2D eigenvalue weighted by molar-refractivity contribution is 5.80. The molecule has 7 nitrogen and oxygen atoms in total. The van der Waals surface area contributed by atoms with Crippen LogP contribution in [0.3, 0.4) is 0 Å². The van der Waals surface area contributed by atoms with Crippen molar-refractivity contribution in [3.05, 3.63) is 40.9 Å². The van der Waals surface area contributed by atoms with Gasteiger partial charge in [-0.05, 0) is 18.6 Å². The molecule has 7 heteroatoms. The predicted molar refractivity (Wildman–Crippen MR) is 73.3 cm³/mol. The first-order valence-corrected chi connectivity index (χ1v) is 6.48. The van der Waals surface area contributed by atoms with Crippen LogP contribution in [0.25, 0.3) is 10.9 Å². The number of carboxylic acids is 1. The second-order valence-electron chi connectivity index (χ2n) is 4.51. The zero-order valence-electron chi connectivity index (χ0n) is 11.2. The second kappa shape index (κ2) is 6.65. The summed E-state index contributed by atoms with van der Waals surface area (Å²) in [6.07, 6.45) is 2.00. The van der Waals surface area contributed by atoms with E-state index in [1.165, 1.54) is 10.9 Å². The van der Waals surface area contributed by atoms with Crippen molar-refractivity contribution in [2.75, 3.05) is 6.54 Å². The highest BCUT2D eigenvalue weighted by Gasteiger charge is 2.05. The Labute approximate surface area is 120 Å². The van der Waals surface area contributed by atoms with Crippen LogP contribution < -0.4 is 16.0 Å². The summed E-state index contributed by atoms with van der Waals surface area (Å²) >= 11 is 0. The van der Waals surface area contributed by atoms with Gasteiger partial charge in [0.15, 0.2) is 0 Å². The Balaban J connectivity index is 1.95. The summed E-state index contributed by atoms with van der Waals surface area (Å²) in [5.41, 5.74) is 0.473. The van der Waals surface area contributed by atoms with Crippen LogP contribution in [-0.4, -0.2) is 28.0 Å². The lowest BCUT2D eigenvalue weighted by molar-refractivity contribution is -0.304. The monoisotopic (exact) mass is 288 g/mol. The van der Waals surface area contributed by atoms with Gasteiger partial charge in [-0.3, -0.25) is 14.2 Å². The Morgan fingerprint density at radius 2 is 2.05 bits per heavy atom. The number of benzene rings is 1. The number of para-hydroxylation sites is 1. The van der Waals surface area contributed by atoms with Gasteiger partial charge in [0.25, 0.3) is 5.56 Å². The van der Waals surface area contributed by atoms with Crippen molar-refractivity contribution in [3.8, 4) is 0 Å². The number of nitrogens with zero attached hydrogens (tertiary/aromatic N) is 2. The summed E-state index contributed by atoms with van der Waals surface area (Å²) in [5.74, 6) is -1.72. The molecule has 0 unspecified atom stereocenters. The minimum absolute atomic E-state index is 0.131. The normalized spacial score (nSPS) is 10.5. The molecule has 0 radical (unpaired) electrons. The van der Waals surface area contributed by atoms with Gasteiger partial charge in [-0.15, -0.1) is 0 Å². The van der Waals surface area contributed by atoms with Crippen LogP contribution in [0.5, 0.6) is 0 Å². The van der Waals surface area contributed by atoms with Gasteiger partial charge in [0.1, 0.15) is 0 Å². The highest BCUT2D eigenvalue weighted by Crippen LogP contribution is 2.05. The third-order valence-corrected chi connectivity index (χ3v) is 2.96. The molecule has 1 aromatic heterocycles. The molecule has 0 aliphatic heterocycles. The van der Waals surface area contributed by atoms with Gasteiger partial charge in [-0.25, -0.2) is 4.98 Å². The van der Waals surface area contributed by atoms with Crippen LogP contribution in [0.1, 0.15) is 12.8 Å². The molecule has 1 N–H and O–H groups in total. The van der Waals surface area contributed by atoms with Crippen molar-refractivity contribution in [3.63, 3.8) is 0 Å². The summed E-state index contributed by atoms with van der Waals surface area (Å²) in [4.78, 5) is 37.8. The Morgan fingerprint density at radius 3 is 2.81 bits per heavy atom. The van der Waals surface area contributed by atoms with Gasteiger partial charge in [0.05, 0.1) is 29.7 Å². The molecular formula is C14H14N3O4-. The lowest BCUT2D eigenvalue weighted by atomic mass is 10.2. The minimum atomic E-state index is -1.33. The van der Waals surface area contributed by atoms with Gasteiger partial charge >= 0.3 is 0 Å². The van der Waals surface area contributed by atoms with Crippen molar-refractivity contribution in [1.82, 2.24) is 14.9 Å². The molecule has 0 aliphatic carbocycles. The first-order chi connectivity index (χ1) is 10.1. The molecule has 2 aromatic rings. The lowest BCUT2D eigenvalue weighted by Gasteiger charge is -2.07. The van der Waals surface area contributed by atoms with Crippen LogP contribution in [0.4, 0.5) is 0 Å². The zero-order chi connectivity index (χ0) is 15.2. The number of amides is 1. The first kappa shape index (κ1) is 14.7. The van der Waals surface area contributed by atoms with Crippen molar-refractivity contribution in [2.45, 2.75) is 19.4 Å². The van der Waals surface area contributed by atoms with Crippen LogP contribution in [0, 0.1) is 0 Å². The van der Waals surface area contributed by atoms with Crippen LogP contribution in [-0.2, 0) is 16.1 Å². The number of carbonyl (C=O) groups excluding carboxylic acids is 2. The lowest BCUT2D eigenvalue weighted by Crippen LogP contribution is -2.37. The number of aliphatic carboxylic acids is 1. The van der Waals surface area contributed by atoms with Crippen molar-refractivity contribution < 1.29 is 14.7 Å². The van der Waals surface area contributed by atoms with Gasteiger partial charge < -0.3 is 15.2 Å². The standard InChI is InChI=1S/C14H15N3O4/c18-12(15-8-13(19)20)6-3-7-17-9-16-11-5-2-1-4-10(11)14(17)21/h1-2,4-5,9H,3,6-8H2,(H,15,18)(H,19,20)/p-1. The first-order valence-electron chi connectivity index (χ1n) is 6.48. The molecule has 2 rings (SSSR count). The maximum Gasteiger partial charge on any atom is 0.261 e. The molecule has 0 bridgehead atoms. The SMILES string of the molecule is O=C([O-])CNC(=O)CCCn1cnc2ccccc2c1=O. The van der Waals surface area contributed by atoms with E-state index >= 15 is 0 Å². The summed E-state index contributed by atoms with van der Waals surface area (Å²) in [5, 5.41) is 12.9. The number of aromatic nitrogens is 2. The summed E-state index contributed by atoms with van der Waals surface area (Å²) < 4.78 is 1.44. The van der Waals surface area contributed by atoms with E-state index in [2.05, 4.69) is 10.3 Å². The maximum absolute atomic E-state index is 12.2. The summed E-state index contributed by atoms with van der Waals surface area (Å²) in [6, 6.07) is 7.03. The molecule has 0 aliphatic rings. The highest BCUT2D eigenvalue weighted by atomic mass is 16.4. The molecule has 1 aromatic carbocycles. The molecule has 0 fully saturated rings. The second-order valence-corrected chi connectivity index (χ2v) is 4.51.